The van der Waals surface area contributed by atoms with E-state index in [1.807, 2.05) is 30.3 Å². The van der Waals surface area contributed by atoms with Gasteiger partial charge in [0.05, 0.1) is 25.5 Å². The van der Waals surface area contributed by atoms with Gasteiger partial charge in [-0.15, -0.1) is 0 Å². The maximum atomic E-state index is 13.3. The molecule has 10 nitrogen and oxygen atoms in total. The van der Waals surface area contributed by atoms with Crippen molar-refractivity contribution >= 4 is 17.6 Å². The standard InChI is InChI=1S/C49H57N5O5/c55-31-33-12-14-38(15-13-33)44-25-43(30-53-18-16-49(17-19-53)46(56)51-32-54(49)42-10-2-1-3-11-42)58-45(59-44)41-9-5-8-40(24-41)39-7-4-6-34(23-39)29-50-47(57)52-48-26-35-20-36(27-48)22-37(21-35)28-48/h1-15,23-24,35-37,43-45,55H,16-22,25-32H2,(H,51,56)(H2,50,52,57). The topological polar surface area (TPSA) is 115 Å². The lowest BCUT2D eigenvalue weighted by Gasteiger charge is -2.56. The smallest absolute Gasteiger partial charge is 0.315 e. The number of likely N-dealkylation sites (tertiary alicyclic amines) is 1. The molecular weight excluding hydrogens is 739 g/mol. The molecule has 3 unspecified atom stereocenters. The van der Waals surface area contributed by atoms with Gasteiger partial charge >= 0.3 is 6.03 Å². The first kappa shape index (κ1) is 38.5. The summed E-state index contributed by atoms with van der Waals surface area (Å²) in [5, 5.41) is 19.5. The average Bonchev–Trinajstić information content (AvgIpc) is 3.57. The van der Waals surface area contributed by atoms with Crippen LogP contribution in [0.2, 0.25) is 0 Å². The fourth-order valence-electron chi connectivity index (χ4n) is 11.9. The van der Waals surface area contributed by atoms with Gasteiger partial charge in [0.2, 0.25) is 5.91 Å². The lowest BCUT2D eigenvalue weighted by molar-refractivity contribution is -0.253. The Morgan fingerprint density at radius 2 is 1.46 bits per heavy atom. The lowest BCUT2D eigenvalue weighted by atomic mass is 9.53. The summed E-state index contributed by atoms with van der Waals surface area (Å²) in [5.41, 5.74) is 6.57. The minimum atomic E-state index is -0.584. The zero-order valence-corrected chi connectivity index (χ0v) is 33.9. The number of amides is 3. The molecule has 0 radical (unpaired) electrons. The second kappa shape index (κ2) is 16.0. The summed E-state index contributed by atoms with van der Waals surface area (Å²) in [7, 11) is 0. The predicted octanol–water partition coefficient (Wildman–Crippen LogP) is 7.59. The third kappa shape index (κ3) is 7.88. The van der Waals surface area contributed by atoms with Crippen molar-refractivity contribution in [2.45, 2.75) is 101 Å². The molecule has 4 aromatic rings. The molecule has 1 spiro atoms. The number of hydrogen-bond acceptors (Lipinski definition) is 7. The number of anilines is 1. The Morgan fingerprint density at radius 3 is 2.17 bits per heavy atom. The highest BCUT2D eigenvalue weighted by Gasteiger charge is 2.52. The van der Waals surface area contributed by atoms with E-state index in [1.165, 1.54) is 19.3 Å². The summed E-state index contributed by atoms with van der Waals surface area (Å²) in [4.78, 5) is 31.3. The normalized spacial score (nSPS) is 29.7. The number of ether oxygens (including phenoxy) is 2. The number of aliphatic hydroxyl groups excluding tert-OH is 1. The predicted molar refractivity (Wildman–Crippen MR) is 227 cm³/mol. The number of urea groups is 1. The van der Waals surface area contributed by atoms with Gasteiger partial charge in [0, 0.05) is 49.4 Å². The Kier molecular flexibility index (Phi) is 10.4. The van der Waals surface area contributed by atoms with Gasteiger partial charge in [-0.25, -0.2) is 4.79 Å². The van der Waals surface area contributed by atoms with E-state index >= 15 is 0 Å². The van der Waals surface area contributed by atoms with Gasteiger partial charge < -0.3 is 40.3 Å². The van der Waals surface area contributed by atoms with E-state index in [2.05, 4.69) is 98.5 Å². The summed E-state index contributed by atoms with van der Waals surface area (Å²) in [6, 6.07) is 35.0. The Bertz CT molecular complexity index is 2100. The van der Waals surface area contributed by atoms with Crippen molar-refractivity contribution < 1.29 is 24.2 Å². The van der Waals surface area contributed by atoms with Gasteiger partial charge in [0.15, 0.2) is 6.29 Å². The van der Waals surface area contributed by atoms with Crippen LogP contribution in [0.5, 0.6) is 0 Å². The number of carbonyl (C=O) groups excluding carboxylic acids is 2. The van der Waals surface area contributed by atoms with E-state index in [0.29, 0.717) is 19.6 Å². The number of hydrogen-bond donors (Lipinski definition) is 4. The number of piperidine rings is 1. The van der Waals surface area contributed by atoms with E-state index in [0.717, 1.165) is 109 Å². The van der Waals surface area contributed by atoms with Gasteiger partial charge in [0.1, 0.15) is 5.54 Å². The molecule has 4 aromatic carbocycles. The van der Waals surface area contributed by atoms with Gasteiger partial charge in [-0.1, -0.05) is 78.9 Å². The Hall–Kier alpha value is -4.74. The summed E-state index contributed by atoms with van der Waals surface area (Å²) in [6.45, 7) is 3.31. The zero-order chi connectivity index (χ0) is 40.0. The van der Waals surface area contributed by atoms with Crippen molar-refractivity contribution in [3.8, 4) is 11.1 Å². The summed E-state index contributed by atoms with van der Waals surface area (Å²) in [5.74, 6) is 2.47. The molecule has 4 aliphatic carbocycles. The number of aliphatic hydroxyl groups is 1. The summed E-state index contributed by atoms with van der Waals surface area (Å²) in [6.07, 6.45) is 8.77. The summed E-state index contributed by atoms with van der Waals surface area (Å²) < 4.78 is 13.6. The van der Waals surface area contributed by atoms with Crippen LogP contribution in [0, 0.1) is 17.8 Å². The number of benzene rings is 4. The first-order valence-corrected chi connectivity index (χ1v) is 21.9. The first-order chi connectivity index (χ1) is 28.8. The number of carbonyl (C=O) groups is 2. The lowest BCUT2D eigenvalue weighted by Crippen LogP contribution is -2.61. The molecule has 3 heterocycles. The van der Waals surface area contributed by atoms with Crippen molar-refractivity contribution in [2.75, 3.05) is 31.2 Å². The van der Waals surface area contributed by atoms with E-state index in [4.69, 9.17) is 9.47 Å². The largest absolute Gasteiger partial charge is 0.392 e. The maximum absolute atomic E-state index is 13.3. The monoisotopic (exact) mass is 795 g/mol. The molecule has 4 N–H and O–H groups in total. The quantitative estimate of drug-likeness (QED) is 0.131. The van der Waals surface area contributed by atoms with Crippen LogP contribution in [-0.4, -0.2) is 65.4 Å². The molecule has 4 bridgehead atoms. The second-order valence-corrected chi connectivity index (χ2v) is 18.4. The molecular formula is C49H57N5O5. The molecule has 10 heteroatoms. The van der Waals surface area contributed by atoms with E-state index in [1.54, 1.807) is 0 Å². The fourth-order valence-corrected chi connectivity index (χ4v) is 11.9. The molecule has 3 atom stereocenters. The molecule has 4 saturated carbocycles. The zero-order valence-electron chi connectivity index (χ0n) is 33.9. The SMILES string of the molecule is O=C(NCc1cccc(-c2cccc(C3OC(CN4CCC5(CC4)C(=O)NCN5c4ccccc4)CC(c4ccc(CO)cc4)O3)c2)c1)NC12CC3CC(CC(C3)C1)C2. The van der Waals surface area contributed by atoms with E-state index < -0.39 is 11.8 Å². The van der Waals surface area contributed by atoms with Crippen LogP contribution < -0.4 is 20.9 Å². The molecule has 3 amide bonds. The minimum absolute atomic E-state index is 0.00453. The molecule has 59 heavy (non-hydrogen) atoms. The van der Waals surface area contributed by atoms with Crippen LogP contribution in [0.1, 0.15) is 92.4 Å². The molecule has 7 aliphatic rings. The molecule has 7 fully saturated rings. The summed E-state index contributed by atoms with van der Waals surface area (Å²) >= 11 is 0. The fraction of sp³-hybridized carbons (Fsp3) is 0.469. The van der Waals surface area contributed by atoms with Crippen LogP contribution in [-0.2, 0) is 27.4 Å². The molecule has 11 rings (SSSR count). The van der Waals surface area contributed by atoms with Crippen molar-refractivity contribution in [1.82, 2.24) is 20.9 Å². The van der Waals surface area contributed by atoms with Gasteiger partial charge in [0.25, 0.3) is 0 Å². The molecule has 3 saturated heterocycles. The van der Waals surface area contributed by atoms with Crippen LogP contribution in [0.15, 0.2) is 103 Å². The number of rotatable bonds is 10. The van der Waals surface area contributed by atoms with E-state index in [9.17, 15) is 14.7 Å². The van der Waals surface area contributed by atoms with Crippen LogP contribution in [0.25, 0.3) is 11.1 Å². The third-order valence-corrected chi connectivity index (χ3v) is 14.5. The van der Waals surface area contributed by atoms with Crippen molar-refractivity contribution in [1.29, 1.82) is 0 Å². The highest BCUT2D eigenvalue weighted by Crippen LogP contribution is 2.55. The Morgan fingerprint density at radius 1 is 0.763 bits per heavy atom. The van der Waals surface area contributed by atoms with E-state index in [-0.39, 0.29) is 36.3 Å². The highest BCUT2D eigenvalue weighted by molar-refractivity contribution is 5.93. The van der Waals surface area contributed by atoms with Gasteiger partial charge in [-0.3, -0.25) is 4.79 Å². The van der Waals surface area contributed by atoms with Crippen LogP contribution in [0.4, 0.5) is 10.5 Å². The number of para-hydroxylation sites is 1. The molecule has 3 aliphatic heterocycles. The Labute approximate surface area is 347 Å². The number of nitrogens with one attached hydrogen (secondary N) is 3. The van der Waals surface area contributed by atoms with Gasteiger partial charge in [-0.05, 0) is 121 Å². The Balaban J connectivity index is 0.821. The first-order valence-electron chi connectivity index (χ1n) is 21.9. The second-order valence-electron chi connectivity index (χ2n) is 18.4. The highest BCUT2D eigenvalue weighted by atomic mass is 16.7. The third-order valence-electron chi connectivity index (χ3n) is 14.5. The van der Waals surface area contributed by atoms with Gasteiger partial charge in [-0.2, -0.15) is 0 Å². The van der Waals surface area contributed by atoms with Crippen LogP contribution >= 0.6 is 0 Å². The molecule has 0 aromatic heterocycles. The van der Waals surface area contributed by atoms with Crippen molar-refractivity contribution in [3.63, 3.8) is 0 Å². The average molecular weight is 796 g/mol. The maximum Gasteiger partial charge on any atom is 0.315 e. The van der Waals surface area contributed by atoms with Crippen molar-refractivity contribution in [3.05, 3.63) is 125 Å². The minimum Gasteiger partial charge on any atom is -0.392 e. The molecule has 308 valence electrons. The number of nitrogens with zero attached hydrogens (tertiary/aromatic N) is 2. The van der Waals surface area contributed by atoms with Crippen LogP contribution in [0.3, 0.4) is 0 Å². The van der Waals surface area contributed by atoms with Crippen molar-refractivity contribution in [2.24, 2.45) is 17.8 Å².